The molecule has 0 spiro atoms. The summed E-state index contributed by atoms with van der Waals surface area (Å²) >= 11 is 0. The Morgan fingerprint density at radius 1 is 1.26 bits per heavy atom. The van der Waals surface area contributed by atoms with Crippen LogP contribution in [-0.4, -0.2) is 31.2 Å². The summed E-state index contributed by atoms with van der Waals surface area (Å²) in [5.41, 5.74) is 7.16. The quantitative estimate of drug-likeness (QED) is 0.666. The van der Waals surface area contributed by atoms with Crippen LogP contribution < -0.4 is 10.7 Å². The van der Waals surface area contributed by atoms with Crippen molar-refractivity contribution < 1.29 is 0 Å². The number of nitrogens with one attached hydrogen (secondary N) is 3. The molecule has 3 N–H and O–H groups in total. The number of fused-ring (bicyclic) bond motifs is 2. The maximum atomic E-state index is 4.66. The van der Waals surface area contributed by atoms with Crippen LogP contribution >= 0.6 is 0 Å². The molecule has 2 aliphatic heterocycles. The number of aromatic nitrogens is 4. The lowest BCUT2D eigenvalue weighted by atomic mass is 10.1. The van der Waals surface area contributed by atoms with Crippen molar-refractivity contribution in [2.45, 2.75) is 6.04 Å². The third kappa shape index (κ3) is 2.85. The number of H-pyrrole nitrogens is 1. The van der Waals surface area contributed by atoms with Crippen LogP contribution in [-0.2, 0) is 0 Å². The van der Waals surface area contributed by atoms with Crippen LogP contribution in [0.5, 0.6) is 0 Å². The summed E-state index contributed by atoms with van der Waals surface area (Å²) in [6, 6.07) is 8.04. The Morgan fingerprint density at radius 2 is 2.22 bits per heavy atom. The SMILES string of the molecule is C=CC1=CC2C=CC(c3nccc(Nc4ccc5[nH]ncc5c4)n3)=CN2N1. The molecule has 27 heavy (non-hydrogen) atoms. The second-order valence-corrected chi connectivity index (χ2v) is 6.34. The van der Waals surface area contributed by atoms with Gasteiger partial charge in [0.05, 0.1) is 23.5 Å². The van der Waals surface area contributed by atoms with E-state index in [1.165, 1.54) is 0 Å². The summed E-state index contributed by atoms with van der Waals surface area (Å²) in [7, 11) is 0. The Labute approximate surface area is 155 Å². The minimum atomic E-state index is 0.185. The molecule has 1 unspecified atom stereocenters. The van der Waals surface area contributed by atoms with Gasteiger partial charge in [0, 0.05) is 29.0 Å². The second-order valence-electron chi connectivity index (χ2n) is 6.34. The Hall–Kier alpha value is -3.87. The first-order valence-corrected chi connectivity index (χ1v) is 8.61. The molecule has 0 saturated carbocycles. The van der Waals surface area contributed by atoms with Gasteiger partial charge in [0.15, 0.2) is 5.82 Å². The van der Waals surface area contributed by atoms with Gasteiger partial charge in [0.2, 0.25) is 0 Å². The van der Waals surface area contributed by atoms with Gasteiger partial charge in [-0.3, -0.25) is 15.5 Å². The number of benzene rings is 1. The third-order valence-electron chi connectivity index (χ3n) is 4.53. The number of hydrogen-bond donors (Lipinski definition) is 3. The highest BCUT2D eigenvalue weighted by Gasteiger charge is 2.22. The molecule has 0 saturated heterocycles. The maximum Gasteiger partial charge on any atom is 0.163 e. The molecule has 2 aliphatic rings. The van der Waals surface area contributed by atoms with E-state index in [1.54, 1.807) is 18.5 Å². The minimum Gasteiger partial charge on any atom is -0.340 e. The Kier molecular flexibility index (Phi) is 3.50. The molecule has 132 valence electrons. The molecule has 1 atom stereocenters. The van der Waals surface area contributed by atoms with Gasteiger partial charge in [0.1, 0.15) is 5.82 Å². The molecule has 5 rings (SSSR count). The topological polar surface area (TPSA) is 81.8 Å². The number of hydrazine groups is 1. The maximum absolute atomic E-state index is 4.66. The summed E-state index contributed by atoms with van der Waals surface area (Å²) in [6.45, 7) is 3.80. The average Bonchev–Trinajstić information content (AvgIpc) is 3.33. The lowest BCUT2D eigenvalue weighted by Gasteiger charge is -2.24. The van der Waals surface area contributed by atoms with E-state index in [0.29, 0.717) is 5.82 Å². The van der Waals surface area contributed by atoms with Gasteiger partial charge in [-0.15, -0.1) is 0 Å². The summed E-state index contributed by atoms with van der Waals surface area (Å²) in [4.78, 5) is 9.08. The summed E-state index contributed by atoms with van der Waals surface area (Å²) in [5, 5.41) is 13.4. The van der Waals surface area contributed by atoms with Crippen LogP contribution in [0.3, 0.4) is 0 Å². The Morgan fingerprint density at radius 3 is 3.15 bits per heavy atom. The molecule has 4 heterocycles. The van der Waals surface area contributed by atoms with Gasteiger partial charge >= 0.3 is 0 Å². The molecule has 0 aliphatic carbocycles. The fourth-order valence-corrected chi connectivity index (χ4v) is 3.17. The highest BCUT2D eigenvalue weighted by molar-refractivity contribution is 5.82. The number of allylic oxidation sites excluding steroid dienone is 3. The largest absolute Gasteiger partial charge is 0.340 e. The number of anilines is 2. The van der Waals surface area contributed by atoms with Crippen molar-refractivity contribution in [1.29, 1.82) is 0 Å². The highest BCUT2D eigenvalue weighted by Crippen LogP contribution is 2.25. The molecule has 7 heteroatoms. The van der Waals surface area contributed by atoms with E-state index in [1.807, 2.05) is 41.6 Å². The Bertz CT molecular complexity index is 1120. The van der Waals surface area contributed by atoms with E-state index in [0.717, 1.165) is 33.7 Å². The fraction of sp³-hybridized carbons (Fsp3) is 0.0500. The second kappa shape index (κ2) is 6.14. The highest BCUT2D eigenvalue weighted by atomic mass is 15.5. The first-order chi connectivity index (χ1) is 13.3. The van der Waals surface area contributed by atoms with Crippen molar-refractivity contribution in [3.05, 3.63) is 85.3 Å². The monoisotopic (exact) mass is 355 g/mol. The van der Waals surface area contributed by atoms with Gasteiger partial charge in [-0.25, -0.2) is 9.97 Å². The van der Waals surface area contributed by atoms with Crippen LogP contribution in [0, 0.1) is 0 Å². The predicted octanol–water partition coefficient (Wildman–Crippen LogP) is 3.27. The summed E-state index contributed by atoms with van der Waals surface area (Å²) < 4.78 is 0. The molecule has 0 amide bonds. The third-order valence-corrected chi connectivity index (χ3v) is 4.53. The zero-order valence-electron chi connectivity index (χ0n) is 14.4. The lowest BCUT2D eigenvalue weighted by molar-refractivity contribution is 0.320. The van der Waals surface area contributed by atoms with E-state index in [9.17, 15) is 0 Å². The van der Waals surface area contributed by atoms with E-state index in [4.69, 9.17) is 0 Å². The van der Waals surface area contributed by atoms with Crippen LogP contribution in [0.4, 0.5) is 11.5 Å². The molecule has 0 bridgehead atoms. The van der Waals surface area contributed by atoms with Crippen molar-refractivity contribution in [3.8, 4) is 0 Å². The van der Waals surface area contributed by atoms with Gasteiger partial charge in [-0.2, -0.15) is 5.10 Å². The lowest BCUT2D eigenvalue weighted by Crippen LogP contribution is -2.34. The molecule has 1 aromatic carbocycles. The van der Waals surface area contributed by atoms with Crippen LogP contribution in [0.25, 0.3) is 16.5 Å². The number of rotatable bonds is 4. The molecular weight excluding hydrogens is 338 g/mol. The Balaban J connectivity index is 1.39. The molecule has 7 nitrogen and oxygen atoms in total. The normalized spacial score (nSPS) is 17.9. The number of aromatic amines is 1. The molecule has 0 fully saturated rings. The average molecular weight is 355 g/mol. The van der Waals surface area contributed by atoms with Crippen molar-refractivity contribution in [2.24, 2.45) is 0 Å². The first-order valence-electron chi connectivity index (χ1n) is 8.61. The molecular formula is C20H17N7. The van der Waals surface area contributed by atoms with Crippen molar-refractivity contribution >= 4 is 28.0 Å². The van der Waals surface area contributed by atoms with Gasteiger partial charge in [-0.05, 0) is 36.4 Å². The number of nitrogens with zero attached hydrogens (tertiary/aromatic N) is 4. The predicted molar refractivity (Wildman–Crippen MR) is 106 cm³/mol. The van der Waals surface area contributed by atoms with Gasteiger partial charge in [-0.1, -0.05) is 18.7 Å². The molecule has 0 radical (unpaired) electrons. The van der Waals surface area contributed by atoms with Crippen LogP contribution in [0.15, 0.2) is 79.4 Å². The molecule has 3 aromatic rings. The van der Waals surface area contributed by atoms with E-state index < -0.39 is 0 Å². The number of hydrogen-bond acceptors (Lipinski definition) is 6. The van der Waals surface area contributed by atoms with Crippen molar-refractivity contribution in [2.75, 3.05) is 5.32 Å². The van der Waals surface area contributed by atoms with Crippen LogP contribution in [0.1, 0.15) is 5.82 Å². The zero-order valence-corrected chi connectivity index (χ0v) is 14.4. The van der Waals surface area contributed by atoms with Crippen LogP contribution in [0.2, 0.25) is 0 Å². The first kappa shape index (κ1) is 15.4. The zero-order chi connectivity index (χ0) is 18.2. The van der Waals surface area contributed by atoms with Gasteiger partial charge < -0.3 is 5.32 Å². The van der Waals surface area contributed by atoms with E-state index in [2.05, 4.69) is 49.6 Å². The minimum absolute atomic E-state index is 0.185. The summed E-state index contributed by atoms with van der Waals surface area (Å²) in [6.07, 6.45) is 13.6. The van der Waals surface area contributed by atoms with E-state index >= 15 is 0 Å². The fourth-order valence-electron chi connectivity index (χ4n) is 3.17. The standard InChI is InChI=1S/C20H17N7/c1-2-15-10-17-5-3-13(12-27(17)26-15)20-21-8-7-19(24-20)23-16-4-6-18-14(9-16)11-22-25-18/h2-12,17,26H,1H2,(H,22,25)(H,21,23,24). The van der Waals surface area contributed by atoms with Gasteiger partial charge in [0.25, 0.3) is 0 Å². The summed E-state index contributed by atoms with van der Waals surface area (Å²) in [5.74, 6) is 1.39. The molecule has 2 aromatic heterocycles. The van der Waals surface area contributed by atoms with Crippen molar-refractivity contribution in [3.63, 3.8) is 0 Å². The smallest absolute Gasteiger partial charge is 0.163 e. The van der Waals surface area contributed by atoms with E-state index in [-0.39, 0.29) is 6.04 Å². The van der Waals surface area contributed by atoms with Crippen molar-refractivity contribution in [1.82, 2.24) is 30.6 Å².